The van der Waals surface area contributed by atoms with Crippen molar-refractivity contribution in [1.82, 2.24) is 19.9 Å². The minimum absolute atomic E-state index is 0.257. The van der Waals surface area contributed by atoms with Gasteiger partial charge in [0.15, 0.2) is 0 Å². The number of hydrogen-bond acceptors (Lipinski definition) is 3. The molecule has 0 fully saturated rings. The van der Waals surface area contributed by atoms with Crippen molar-refractivity contribution < 1.29 is 13.6 Å². The number of carbonyl (C=O) groups excluding carboxylic acids is 1. The quantitative estimate of drug-likeness (QED) is 0.750. The predicted octanol–water partition coefficient (Wildman–Crippen LogP) is 3.47. The Bertz CT molecular complexity index is 974. The van der Waals surface area contributed by atoms with Crippen LogP contribution in [0.2, 0.25) is 0 Å². The molecule has 0 radical (unpaired) electrons. The summed E-state index contributed by atoms with van der Waals surface area (Å²) in [6.45, 7) is 5.85. The Hall–Kier alpha value is -2.90. The zero-order valence-corrected chi connectivity index (χ0v) is 15.3. The van der Waals surface area contributed by atoms with Gasteiger partial charge in [0.1, 0.15) is 0 Å². The van der Waals surface area contributed by atoms with Crippen molar-refractivity contribution in [2.24, 2.45) is 0 Å². The number of hydrogen-bond donors (Lipinski definition) is 1. The fraction of sp³-hybridized carbons (Fsp3) is 0.263. The van der Waals surface area contributed by atoms with Crippen molar-refractivity contribution in [3.63, 3.8) is 0 Å². The van der Waals surface area contributed by atoms with Gasteiger partial charge in [-0.25, -0.2) is 0 Å². The normalized spacial score (nSPS) is 11.3. The van der Waals surface area contributed by atoms with Gasteiger partial charge in [-0.15, -0.1) is 0 Å². The zero-order valence-electron chi connectivity index (χ0n) is 15.3. The molecule has 27 heavy (non-hydrogen) atoms. The molecule has 0 bridgehead atoms. The van der Waals surface area contributed by atoms with E-state index in [0.29, 0.717) is 22.4 Å². The average Bonchev–Trinajstić information content (AvgIpc) is 3.18. The number of aromatic nitrogens is 3. The summed E-state index contributed by atoms with van der Waals surface area (Å²) in [5.41, 5.74) is 1.64. The number of rotatable bonds is 5. The molecule has 1 amide bonds. The summed E-state index contributed by atoms with van der Waals surface area (Å²) in [6.07, 6.45) is 2.26. The summed E-state index contributed by atoms with van der Waals surface area (Å²) in [5.74, 6) is -2.13. The van der Waals surface area contributed by atoms with E-state index in [1.54, 1.807) is 18.2 Å². The molecule has 5 nitrogen and oxygen atoms in total. The Morgan fingerprint density at radius 1 is 1.15 bits per heavy atom. The van der Waals surface area contributed by atoms with E-state index >= 15 is 0 Å². The molecule has 0 aliphatic heterocycles. The molecule has 1 heterocycles. The van der Waals surface area contributed by atoms with Crippen LogP contribution in [0.25, 0.3) is 16.8 Å². The fourth-order valence-corrected chi connectivity index (χ4v) is 2.53. The fourth-order valence-electron chi connectivity index (χ4n) is 2.53. The second-order valence-electron chi connectivity index (χ2n) is 6.93. The SMILES string of the molecule is CCC(C)(C)NC(=O)c1cc(-c2ccc(F)c(F)c2)cc(-n2cnbn2)c1. The molecule has 0 atom stereocenters. The van der Waals surface area contributed by atoms with Crippen molar-refractivity contribution in [2.45, 2.75) is 32.7 Å². The van der Waals surface area contributed by atoms with Crippen molar-refractivity contribution in [3.05, 3.63) is 59.9 Å². The van der Waals surface area contributed by atoms with Crippen molar-refractivity contribution in [1.29, 1.82) is 0 Å². The van der Waals surface area contributed by atoms with Crippen LogP contribution in [0.5, 0.6) is 0 Å². The molecule has 3 aromatic rings. The number of nitrogens with zero attached hydrogens (tertiary/aromatic N) is 3. The maximum atomic E-state index is 13.7. The molecule has 1 aromatic heterocycles. The minimum atomic E-state index is -0.947. The van der Waals surface area contributed by atoms with E-state index in [4.69, 9.17) is 0 Å². The van der Waals surface area contributed by atoms with Crippen LogP contribution in [0.4, 0.5) is 8.78 Å². The van der Waals surface area contributed by atoms with Crippen LogP contribution in [-0.2, 0) is 0 Å². The third-order valence-corrected chi connectivity index (χ3v) is 4.45. The van der Waals surface area contributed by atoms with Crippen molar-refractivity contribution in [2.75, 3.05) is 0 Å². The number of amides is 1. The first-order valence-corrected chi connectivity index (χ1v) is 8.57. The van der Waals surface area contributed by atoms with E-state index in [0.717, 1.165) is 18.6 Å². The zero-order chi connectivity index (χ0) is 19.6. The number of halogens is 2. The second-order valence-corrected chi connectivity index (χ2v) is 6.93. The van der Waals surface area contributed by atoms with Crippen LogP contribution in [0.3, 0.4) is 0 Å². The van der Waals surface area contributed by atoms with Gasteiger partial charge in [-0.1, -0.05) is 0 Å². The topological polar surface area (TPSA) is 59.8 Å². The second kappa shape index (κ2) is 7.38. The summed E-state index contributed by atoms with van der Waals surface area (Å²) in [5, 5.41) is 7.06. The van der Waals surface area contributed by atoms with E-state index in [1.807, 2.05) is 20.8 Å². The van der Waals surface area contributed by atoms with Gasteiger partial charge >= 0.3 is 156 Å². The van der Waals surface area contributed by atoms with Gasteiger partial charge in [0, 0.05) is 0 Å². The van der Waals surface area contributed by atoms with Crippen LogP contribution < -0.4 is 5.32 Å². The Kier molecular flexibility index (Phi) is 5.16. The van der Waals surface area contributed by atoms with Crippen molar-refractivity contribution >= 4 is 13.1 Å². The van der Waals surface area contributed by atoms with Gasteiger partial charge < -0.3 is 0 Å². The van der Waals surface area contributed by atoms with E-state index in [9.17, 15) is 13.6 Å². The predicted molar refractivity (Wildman–Crippen MR) is 99.9 cm³/mol. The molecule has 138 valence electrons. The molecule has 0 saturated carbocycles. The summed E-state index contributed by atoms with van der Waals surface area (Å²) < 4.78 is 28.5. The average molecular weight is 368 g/mol. The van der Waals surface area contributed by atoms with Gasteiger partial charge in [0.05, 0.1) is 0 Å². The molecule has 0 aliphatic carbocycles. The van der Waals surface area contributed by atoms with E-state index in [-0.39, 0.29) is 11.4 Å². The molecular weight excluding hydrogens is 349 g/mol. The first-order chi connectivity index (χ1) is 12.8. The summed E-state index contributed by atoms with van der Waals surface area (Å²) in [7, 11) is 1.38. The third kappa shape index (κ3) is 4.27. The number of benzene rings is 2. The van der Waals surface area contributed by atoms with E-state index in [1.165, 1.54) is 24.3 Å². The summed E-state index contributed by atoms with van der Waals surface area (Å²) >= 11 is 0. The third-order valence-electron chi connectivity index (χ3n) is 4.45. The molecule has 0 saturated heterocycles. The first kappa shape index (κ1) is 18.9. The standard InChI is InChI=1S/C19H19BF2N4O/c1-4-19(2,3)24-18(27)14-7-13(12-5-6-16(21)17(22)10-12)8-15(9-14)26-11-23-20-25-26/h5-11H,4H2,1-3H3,(H,24,27). The summed E-state index contributed by atoms with van der Waals surface area (Å²) in [6, 6.07) is 8.70. The van der Waals surface area contributed by atoms with E-state index in [2.05, 4.69) is 15.2 Å². The van der Waals surface area contributed by atoms with Gasteiger partial charge in [-0.05, 0) is 0 Å². The van der Waals surface area contributed by atoms with Crippen LogP contribution in [0.15, 0.2) is 42.7 Å². The van der Waals surface area contributed by atoms with Crippen LogP contribution in [0.1, 0.15) is 37.6 Å². The number of nitrogens with one attached hydrogen (secondary N) is 1. The van der Waals surface area contributed by atoms with Gasteiger partial charge in [0.25, 0.3) is 0 Å². The van der Waals surface area contributed by atoms with Gasteiger partial charge in [0.2, 0.25) is 0 Å². The molecule has 0 unspecified atom stereocenters. The Morgan fingerprint density at radius 2 is 1.93 bits per heavy atom. The van der Waals surface area contributed by atoms with Crippen LogP contribution in [0, 0.1) is 11.6 Å². The molecule has 8 heteroatoms. The molecule has 1 N–H and O–H groups in total. The molecule has 0 aliphatic rings. The Labute approximate surface area is 156 Å². The monoisotopic (exact) mass is 368 g/mol. The number of carbonyl (C=O) groups is 1. The van der Waals surface area contributed by atoms with Crippen molar-refractivity contribution in [3.8, 4) is 16.8 Å². The summed E-state index contributed by atoms with van der Waals surface area (Å²) in [4.78, 5) is 16.7. The molecular formula is C19H19BF2N4O. The van der Waals surface area contributed by atoms with Crippen LogP contribution >= 0.6 is 0 Å². The Balaban J connectivity index is 2.09. The molecule has 0 spiro atoms. The van der Waals surface area contributed by atoms with Gasteiger partial charge in [-0.2, -0.15) is 0 Å². The van der Waals surface area contributed by atoms with Gasteiger partial charge in [-0.3, -0.25) is 0 Å². The Morgan fingerprint density at radius 3 is 2.56 bits per heavy atom. The molecule has 2 aromatic carbocycles. The molecule has 3 rings (SSSR count). The first-order valence-electron chi connectivity index (χ1n) is 8.57. The van der Waals surface area contributed by atoms with Crippen LogP contribution in [-0.4, -0.2) is 33.2 Å². The maximum absolute atomic E-state index is 13.7. The van der Waals surface area contributed by atoms with E-state index < -0.39 is 11.6 Å².